The van der Waals surface area contributed by atoms with Crippen molar-refractivity contribution in [3.63, 3.8) is 0 Å². The average molecular weight is 265 g/mol. The molecule has 0 aliphatic carbocycles. The van der Waals surface area contributed by atoms with Crippen molar-refractivity contribution >= 4 is 23.2 Å². The number of hydrogen-bond donors (Lipinski definition) is 1. The molecule has 2 aromatic carbocycles. The van der Waals surface area contributed by atoms with Gasteiger partial charge < -0.3 is 5.32 Å². The topological polar surface area (TPSA) is 29.1 Å². The van der Waals surface area contributed by atoms with Gasteiger partial charge in [-0.1, -0.05) is 48.5 Å². The van der Waals surface area contributed by atoms with E-state index in [0.717, 1.165) is 28.0 Å². The maximum absolute atomic E-state index is 11.3. The highest BCUT2D eigenvalue weighted by molar-refractivity contribution is 5.94. The summed E-state index contributed by atoms with van der Waals surface area (Å²) in [5.74, 6) is -0.0515. The second-order valence-electron chi connectivity index (χ2n) is 4.97. The molecular weight excluding hydrogens is 246 g/mol. The van der Waals surface area contributed by atoms with Crippen molar-refractivity contribution in [2.24, 2.45) is 0 Å². The van der Waals surface area contributed by atoms with E-state index in [1.165, 1.54) is 6.92 Å². The minimum absolute atomic E-state index is 0.0515. The Bertz CT molecular complexity index is 642. The highest BCUT2D eigenvalue weighted by atomic mass is 16.1. The van der Waals surface area contributed by atoms with Crippen LogP contribution in [0.3, 0.4) is 0 Å². The minimum Gasteiger partial charge on any atom is -0.326 e. The maximum atomic E-state index is 11.3. The van der Waals surface area contributed by atoms with Crippen LogP contribution in [0.15, 0.2) is 48.5 Å². The molecule has 2 aromatic rings. The normalized spacial score (nSPS) is 11.2. The Morgan fingerprint density at radius 3 is 2.40 bits per heavy atom. The van der Waals surface area contributed by atoms with Crippen LogP contribution in [0.2, 0.25) is 0 Å². The third-order valence-corrected chi connectivity index (χ3v) is 3.09. The maximum Gasteiger partial charge on any atom is 0.221 e. The van der Waals surface area contributed by atoms with E-state index in [4.69, 9.17) is 0 Å². The Morgan fingerprint density at radius 2 is 1.75 bits per heavy atom. The van der Waals surface area contributed by atoms with Gasteiger partial charge in [0.1, 0.15) is 0 Å². The summed E-state index contributed by atoms with van der Waals surface area (Å²) < 4.78 is 0. The van der Waals surface area contributed by atoms with E-state index in [2.05, 4.69) is 42.6 Å². The average Bonchev–Trinajstić information content (AvgIpc) is 2.39. The number of carbonyl (C=O) groups is 1. The lowest BCUT2D eigenvalue weighted by Crippen LogP contribution is -2.07. The van der Waals surface area contributed by atoms with Gasteiger partial charge in [-0.3, -0.25) is 4.79 Å². The number of allylic oxidation sites excluding steroid dienone is 1. The molecule has 20 heavy (non-hydrogen) atoms. The zero-order chi connectivity index (χ0) is 14.5. The van der Waals surface area contributed by atoms with Gasteiger partial charge in [-0.2, -0.15) is 0 Å². The molecule has 2 rings (SSSR count). The molecule has 0 aromatic heterocycles. The fourth-order valence-electron chi connectivity index (χ4n) is 2.17. The first kappa shape index (κ1) is 14.1. The van der Waals surface area contributed by atoms with E-state index in [1.54, 1.807) is 0 Å². The summed E-state index contributed by atoms with van der Waals surface area (Å²) in [6.07, 6.45) is 2.12. The van der Waals surface area contributed by atoms with E-state index in [0.29, 0.717) is 0 Å². The third kappa shape index (κ3) is 3.58. The highest BCUT2D eigenvalue weighted by Crippen LogP contribution is 2.26. The van der Waals surface area contributed by atoms with Gasteiger partial charge >= 0.3 is 0 Å². The number of aryl methyl sites for hydroxylation is 1. The quantitative estimate of drug-likeness (QED) is 0.812. The van der Waals surface area contributed by atoms with Gasteiger partial charge in [0.05, 0.1) is 0 Å². The summed E-state index contributed by atoms with van der Waals surface area (Å²) in [5, 5.41) is 2.90. The van der Waals surface area contributed by atoms with Crippen molar-refractivity contribution in [2.75, 3.05) is 5.32 Å². The Morgan fingerprint density at radius 1 is 1.05 bits per heavy atom. The van der Waals surface area contributed by atoms with Gasteiger partial charge in [-0.25, -0.2) is 0 Å². The van der Waals surface area contributed by atoms with Crippen LogP contribution in [-0.2, 0) is 4.79 Å². The number of rotatable bonds is 3. The minimum atomic E-state index is -0.0515. The van der Waals surface area contributed by atoms with E-state index in [1.807, 2.05) is 31.2 Å². The van der Waals surface area contributed by atoms with Crippen molar-refractivity contribution in [3.05, 3.63) is 65.2 Å². The molecule has 2 heteroatoms. The fraction of sp³-hybridized carbons (Fsp3) is 0.167. The Labute approximate surface area is 120 Å². The van der Waals surface area contributed by atoms with Gasteiger partial charge in [0, 0.05) is 18.2 Å². The van der Waals surface area contributed by atoms with Gasteiger partial charge in [0.2, 0.25) is 5.91 Å². The Balaban J connectivity index is 2.41. The zero-order valence-electron chi connectivity index (χ0n) is 12.1. The van der Waals surface area contributed by atoms with Gasteiger partial charge in [-0.05, 0) is 36.6 Å². The molecule has 0 bridgehead atoms. The molecule has 1 amide bonds. The summed E-state index contributed by atoms with van der Waals surface area (Å²) >= 11 is 0. The SMILES string of the molecule is CC(=O)Nc1cc(C)ccc1/C(C)=C/c1ccccc1. The number of carbonyl (C=O) groups excluding carboxylic acids is 1. The van der Waals surface area contributed by atoms with Gasteiger partial charge in [0.25, 0.3) is 0 Å². The number of amides is 1. The van der Waals surface area contributed by atoms with Crippen LogP contribution in [0.25, 0.3) is 11.6 Å². The molecule has 0 unspecified atom stereocenters. The van der Waals surface area contributed by atoms with Crippen LogP contribution in [-0.4, -0.2) is 5.91 Å². The van der Waals surface area contributed by atoms with Crippen LogP contribution in [0, 0.1) is 6.92 Å². The zero-order valence-corrected chi connectivity index (χ0v) is 12.1. The van der Waals surface area contributed by atoms with Crippen LogP contribution < -0.4 is 5.32 Å². The van der Waals surface area contributed by atoms with E-state index >= 15 is 0 Å². The third-order valence-electron chi connectivity index (χ3n) is 3.09. The Hall–Kier alpha value is -2.35. The van der Waals surface area contributed by atoms with Crippen molar-refractivity contribution in [2.45, 2.75) is 20.8 Å². The monoisotopic (exact) mass is 265 g/mol. The lowest BCUT2D eigenvalue weighted by Gasteiger charge is -2.12. The summed E-state index contributed by atoms with van der Waals surface area (Å²) in [4.78, 5) is 11.3. The van der Waals surface area contributed by atoms with E-state index in [9.17, 15) is 4.79 Å². The van der Waals surface area contributed by atoms with E-state index in [-0.39, 0.29) is 5.91 Å². The van der Waals surface area contributed by atoms with Crippen LogP contribution in [0.5, 0.6) is 0 Å². The molecule has 0 aliphatic rings. The fourth-order valence-corrected chi connectivity index (χ4v) is 2.17. The van der Waals surface area contributed by atoms with Crippen molar-refractivity contribution < 1.29 is 4.79 Å². The van der Waals surface area contributed by atoms with Crippen LogP contribution in [0.4, 0.5) is 5.69 Å². The summed E-state index contributed by atoms with van der Waals surface area (Å²) in [6.45, 7) is 5.61. The highest BCUT2D eigenvalue weighted by Gasteiger charge is 2.06. The molecule has 1 N–H and O–H groups in total. The molecule has 0 heterocycles. The number of hydrogen-bond acceptors (Lipinski definition) is 1. The largest absolute Gasteiger partial charge is 0.326 e. The predicted octanol–water partition coefficient (Wildman–Crippen LogP) is 4.51. The molecule has 0 saturated heterocycles. The number of nitrogens with one attached hydrogen (secondary N) is 1. The van der Waals surface area contributed by atoms with Crippen molar-refractivity contribution in [3.8, 4) is 0 Å². The molecule has 0 saturated carbocycles. The van der Waals surface area contributed by atoms with Gasteiger partial charge in [-0.15, -0.1) is 0 Å². The van der Waals surface area contributed by atoms with Crippen LogP contribution >= 0.6 is 0 Å². The summed E-state index contributed by atoms with van der Waals surface area (Å²) in [6, 6.07) is 16.3. The molecule has 2 nitrogen and oxygen atoms in total. The first-order chi connectivity index (χ1) is 9.56. The van der Waals surface area contributed by atoms with Crippen molar-refractivity contribution in [1.29, 1.82) is 0 Å². The van der Waals surface area contributed by atoms with Crippen LogP contribution in [0.1, 0.15) is 30.5 Å². The number of anilines is 1. The molecule has 0 fully saturated rings. The first-order valence-corrected chi connectivity index (χ1v) is 6.68. The molecule has 0 spiro atoms. The molecule has 102 valence electrons. The molecule has 0 atom stereocenters. The predicted molar refractivity (Wildman–Crippen MR) is 85.5 cm³/mol. The van der Waals surface area contributed by atoms with Gasteiger partial charge in [0.15, 0.2) is 0 Å². The lowest BCUT2D eigenvalue weighted by atomic mass is 10.0. The number of benzene rings is 2. The van der Waals surface area contributed by atoms with E-state index < -0.39 is 0 Å². The standard InChI is InChI=1S/C18H19NO/c1-13-9-10-17(18(11-13)19-15(3)20)14(2)12-16-7-5-4-6-8-16/h4-12H,1-3H3,(H,19,20)/b14-12+. The first-order valence-electron chi connectivity index (χ1n) is 6.68. The van der Waals surface area contributed by atoms with Crippen molar-refractivity contribution in [1.82, 2.24) is 0 Å². The second-order valence-corrected chi connectivity index (χ2v) is 4.97. The summed E-state index contributed by atoms with van der Waals surface area (Å²) in [7, 11) is 0. The Kier molecular flexibility index (Phi) is 4.36. The molecular formula is C18H19NO. The lowest BCUT2D eigenvalue weighted by molar-refractivity contribution is -0.114. The molecule has 0 radical (unpaired) electrons. The smallest absolute Gasteiger partial charge is 0.221 e. The molecule has 0 aliphatic heterocycles. The second kappa shape index (κ2) is 6.20. The summed E-state index contributed by atoms with van der Waals surface area (Å²) in [5.41, 5.74) is 5.32.